The lowest BCUT2D eigenvalue weighted by Crippen LogP contribution is -2.38. The molecule has 1 unspecified atom stereocenters. The topological polar surface area (TPSA) is 54.2 Å². The van der Waals surface area contributed by atoms with Crippen LogP contribution in [0, 0.1) is 0 Å². The predicted octanol–water partition coefficient (Wildman–Crippen LogP) is 1.92. The fourth-order valence-electron chi connectivity index (χ4n) is 2.43. The van der Waals surface area contributed by atoms with Crippen LogP contribution in [0.15, 0.2) is 0 Å². The number of aliphatic hydroxyl groups is 1. The first kappa shape index (κ1) is 16.2. The Bertz CT molecular complexity index is 472. The first-order valence-corrected chi connectivity index (χ1v) is 7.15. The van der Waals surface area contributed by atoms with Crippen molar-refractivity contribution in [2.45, 2.75) is 58.0 Å². The van der Waals surface area contributed by atoms with Gasteiger partial charge in [0, 0.05) is 12.5 Å². The lowest BCUT2D eigenvalue weighted by molar-refractivity contribution is -0.143. The fraction of sp³-hybridized carbons (Fsp3) is 0.846. The summed E-state index contributed by atoms with van der Waals surface area (Å²) in [4.78, 5) is 6.17. The van der Waals surface area contributed by atoms with E-state index in [-0.39, 0.29) is 12.5 Å². The van der Waals surface area contributed by atoms with E-state index in [0.717, 1.165) is 24.1 Å². The molecule has 1 N–H and O–H groups in total. The van der Waals surface area contributed by atoms with Gasteiger partial charge in [0.25, 0.3) is 0 Å². The molecule has 21 heavy (non-hydrogen) atoms. The van der Waals surface area contributed by atoms with Gasteiger partial charge < -0.3 is 5.11 Å². The van der Waals surface area contributed by atoms with Crippen molar-refractivity contribution in [1.29, 1.82) is 0 Å². The van der Waals surface area contributed by atoms with Crippen molar-refractivity contribution in [1.82, 2.24) is 19.7 Å². The summed E-state index contributed by atoms with van der Waals surface area (Å²) in [5, 5.41) is 13.6. The second kappa shape index (κ2) is 6.31. The van der Waals surface area contributed by atoms with Gasteiger partial charge in [-0.1, -0.05) is 13.8 Å². The van der Waals surface area contributed by atoms with Crippen LogP contribution in [0.3, 0.4) is 0 Å². The maximum Gasteiger partial charge on any atom is 0.408 e. The van der Waals surface area contributed by atoms with Gasteiger partial charge in [0.1, 0.15) is 12.4 Å². The van der Waals surface area contributed by atoms with Crippen molar-refractivity contribution in [3.63, 3.8) is 0 Å². The molecule has 0 aliphatic carbocycles. The van der Waals surface area contributed by atoms with Crippen LogP contribution in [-0.2, 0) is 13.1 Å². The molecular weight excluding hydrogens is 285 g/mol. The van der Waals surface area contributed by atoms with E-state index >= 15 is 0 Å². The van der Waals surface area contributed by atoms with E-state index in [1.54, 1.807) is 0 Å². The third-order valence-corrected chi connectivity index (χ3v) is 3.46. The highest BCUT2D eigenvalue weighted by molar-refractivity contribution is 4.98. The number of hydrogen-bond donors (Lipinski definition) is 1. The molecule has 1 atom stereocenters. The average Bonchev–Trinajstić information content (AvgIpc) is 2.70. The Kier molecular flexibility index (Phi) is 4.88. The second-order valence-corrected chi connectivity index (χ2v) is 5.84. The van der Waals surface area contributed by atoms with Crippen molar-refractivity contribution >= 4 is 0 Å². The molecule has 0 bridgehead atoms. The number of hydrogen-bond acceptors (Lipinski definition) is 4. The first-order valence-electron chi connectivity index (χ1n) is 7.15. The zero-order valence-corrected chi connectivity index (χ0v) is 12.3. The molecule has 1 fully saturated rings. The van der Waals surface area contributed by atoms with E-state index in [2.05, 4.69) is 10.1 Å². The predicted molar refractivity (Wildman–Crippen MR) is 70.7 cm³/mol. The largest absolute Gasteiger partial charge is 0.408 e. The fourth-order valence-corrected chi connectivity index (χ4v) is 2.43. The van der Waals surface area contributed by atoms with Crippen LogP contribution in [0.25, 0.3) is 0 Å². The summed E-state index contributed by atoms with van der Waals surface area (Å²) in [6.07, 6.45) is -3.16. The third kappa shape index (κ3) is 4.67. The molecule has 0 spiro atoms. The molecule has 2 rings (SSSR count). The van der Waals surface area contributed by atoms with Crippen molar-refractivity contribution in [2.75, 3.05) is 13.1 Å². The Balaban J connectivity index is 2.15. The van der Waals surface area contributed by atoms with Crippen LogP contribution < -0.4 is 0 Å². The lowest BCUT2D eigenvalue weighted by Gasteiger charge is -2.29. The van der Waals surface area contributed by atoms with Gasteiger partial charge in [-0.25, -0.2) is 9.67 Å². The van der Waals surface area contributed by atoms with Gasteiger partial charge >= 0.3 is 6.18 Å². The van der Waals surface area contributed by atoms with Gasteiger partial charge in [-0.2, -0.15) is 18.3 Å². The first-order chi connectivity index (χ1) is 9.74. The molecule has 120 valence electrons. The minimum atomic E-state index is -4.32. The summed E-state index contributed by atoms with van der Waals surface area (Å²) in [6.45, 7) is 4.08. The van der Waals surface area contributed by atoms with Gasteiger partial charge in [-0.3, -0.25) is 4.90 Å². The number of likely N-dealkylation sites (tertiary alicyclic amines) is 1. The van der Waals surface area contributed by atoms with Gasteiger partial charge in [0.15, 0.2) is 5.82 Å². The molecule has 0 radical (unpaired) electrons. The van der Waals surface area contributed by atoms with Gasteiger partial charge in [0.05, 0.1) is 12.6 Å². The zero-order valence-electron chi connectivity index (χ0n) is 12.3. The molecule has 8 heteroatoms. The zero-order chi connectivity index (χ0) is 15.6. The quantitative estimate of drug-likeness (QED) is 0.923. The third-order valence-electron chi connectivity index (χ3n) is 3.46. The van der Waals surface area contributed by atoms with Crippen molar-refractivity contribution < 1.29 is 18.3 Å². The normalized spacial score (nSPS) is 21.2. The molecule has 1 aliphatic rings. The number of nitrogens with zero attached hydrogens (tertiary/aromatic N) is 4. The van der Waals surface area contributed by atoms with Crippen LogP contribution in [-0.4, -0.2) is 50.1 Å². The lowest BCUT2D eigenvalue weighted by atomic mass is 10.1. The molecule has 0 saturated carbocycles. The molecule has 1 saturated heterocycles. The van der Waals surface area contributed by atoms with E-state index in [1.807, 2.05) is 18.7 Å². The monoisotopic (exact) mass is 306 g/mol. The minimum absolute atomic E-state index is 0.0230. The Morgan fingerprint density at radius 2 is 2.10 bits per heavy atom. The van der Waals surface area contributed by atoms with Gasteiger partial charge in [-0.15, -0.1) is 0 Å². The average molecular weight is 306 g/mol. The number of aliphatic hydroxyl groups excluding tert-OH is 1. The standard InChI is InChI=1S/C13H21F3N4O/c1-9(2)12-17-11(20(18-12)8-13(14,15)16)7-19-5-3-4-10(21)6-19/h9-10,21H,3-8H2,1-2H3. The van der Waals surface area contributed by atoms with Crippen LogP contribution >= 0.6 is 0 Å². The molecule has 1 aromatic rings. The maximum atomic E-state index is 12.6. The van der Waals surface area contributed by atoms with E-state index < -0.39 is 18.8 Å². The van der Waals surface area contributed by atoms with Crippen LogP contribution in [0.4, 0.5) is 13.2 Å². The van der Waals surface area contributed by atoms with E-state index in [0.29, 0.717) is 18.2 Å². The number of rotatable bonds is 4. The second-order valence-electron chi connectivity index (χ2n) is 5.84. The Morgan fingerprint density at radius 1 is 1.38 bits per heavy atom. The summed E-state index contributed by atoms with van der Waals surface area (Å²) in [6, 6.07) is 0. The number of aromatic nitrogens is 3. The molecule has 2 heterocycles. The smallest absolute Gasteiger partial charge is 0.392 e. The number of alkyl halides is 3. The molecule has 0 aromatic carbocycles. The maximum absolute atomic E-state index is 12.6. The summed E-state index contributed by atoms with van der Waals surface area (Å²) in [5.41, 5.74) is 0. The van der Waals surface area contributed by atoms with Crippen LogP contribution in [0.5, 0.6) is 0 Å². The van der Waals surface area contributed by atoms with Crippen LogP contribution in [0.1, 0.15) is 44.3 Å². The van der Waals surface area contributed by atoms with E-state index in [4.69, 9.17) is 0 Å². The molecule has 5 nitrogen and oxygen atoms in total. The molecule has 1 aliphatic heterocycles. The summed E-state index contributed by atoms with van der Waals surface area (Å²) < 4.78 is 38.8. The summed E-state index contributed by atoms with van der Waals surface area (Å²) in [7, 11) is 0. The Hall–Kier alpha value is -1.15. The number of piperidine rings is 1. The van der Waals surface area contributed by atoms with Crippen molar-refractivity contribution in [3.8, 4) is 0 Å². The van der Waals surface area contributed by atoms with E-state index in [9.17, 15) is 18.3 Å². The summed E-state index contributed by atoms with van der Waals surface area (Å²) in [5.74, 6) is 0.710. The number of β-amino-alcohol motifs (C(OH)–C–C–N with tert-alkyl or cyclic N) is 1. The molecular formula is C13H21F3N4O. The van der Waals surface area contributed by atoms with Crippen molar-refractivity contribution in [3.05, 3.63) is 11.6 Å². The van der Waals surface area contributed by atoms with E-state index in [1.165, 1.54) is 0 Å². The molecule has 1 aromatic heterocycles. The van der Waals surface area contributed by atoms with Gasteiger partial charge in [0.2, 0.25) is 0 Å². The Labute approximate surface area is 121 Å². The SMILES string of the molecule is CC(C)c1nc(CN2CCCC(O)C2)n(CC(F)(F)F)n1. The van der Waals surface area contributed by atoms with Crippen molar-refractivity contribution in [2.24, 2.45) is 0 Å². The highest BCUT2D eigenvalue weighted by Crippen LogP contribution is 2.21. The number of halogens is 3. The minimum Gasteiger partial charge on any atom is -0.392 e. The highest BCUT2D eigenvalue weighted by atomic mass is 19.4. The molecule has 0 amide bonds. The summed E-state index contributed by atoms with van der Waals surface area (Å²) >= 11 is 0. The Morgan fingerprint density at radius 3 is 2.67 bits per heavy atom. The highest BCUT2D eigenvalue weighted by Gasteiger charge is 2.31. The van der Waals surface area contributed by atoms with Gasteiger partial charge in [-0.05, 0) is 19.4 Å². The van der Waals surface area contributed by atoms with Crippen LogP contribution in [0.2, 0.25) is 0 Å².